The Balaban J connectivity index is 1.49. The van der Waals surface area contributed by atoms with Crippen LogP contribution in [0.4, 0.5) is 25.8 Å². The summed E-state index contributed by atoms with van der Waals surface area (Å²) >= 11 is 0. The van der Waals surface area contributed by atoms with Crippen molar-refractivity contribution >= 4 is 23.0 Å². The number of anilines is 3. The van der Waals surface area contributed by atoms with Crippen molar-refractivity contribution in [2.45, 2.75) is 0 Å². The van der Waals surface area contributed by atoms with Crippen molar-refractivity contribution in [1.82, 2.24) is 4.98 Å². The summed E-state index contributed by atoms with van der Waals surface area (Å²) in [6.07, 6.45) is 2.87. The zero-order chi connectivity index (χ0) is 18.8. The van der Waals surface area contributed by atoms with Crippen LogP contribution in [0.5, 0.6) is 11.5 Å². The van der Waals surface area contributed by atoms with Crippen LogP contribution in [0.25, 0.3) is 0 Å². The van der Waals surface area contributed by atoms with E-state index in [0.717, 1.165) is 12.1 Å². The van der Waals surface area contributed by atoms with Gasteiger partial charge in [-0.2, -0.15) is 0 Å². The zero-order valence-electron chi connectivity index (χ0n) is 13.8. The van der Waals surface area contributed by atoms with E-state index in [0.29, 0.717) is 34.1 Å². The number of carbonyl (C=O) groups is 1. The number of aromatic nitrogens is 1. The number of halogens is 2. The largest absolute Gasteiger partial charge is 0.454 e. The van der Waals surface area contributed by atoms with Gasteiger partial charge in [-0.05, 0) is 30.3 Å². The molecule has 2 heterocycles. The fourth-order valence-electron chi connectivity index (χ4n) is 2.55. The molecule has 1 aliphatic heterocycles. The molecule has 1 amide bonds. The second-order valence-electron chi connectivity index (χ2n) is 5.74. The Morgan fingerprint density at radius 2 is 1.70 bits per heavy atom. The van der Waals surface area contributed by atoms with Crippen molar-refractivity contribution in [2.75, 3.05) is 17.4 Å². The summed E-state index contributed by atoms with van der Waals surface area (Å²) in [5.41, 5.74) is 1.63. The van der Waals surface area contributed by atoms with Gasteiger partial charge in [-0.25, -0.2) is 8.78 Å². The Hall–Kier alpha value is -3.68. The van der Waals surface area contributed by atoms with Crippen molar-refractivity contribution in [1.29, 1.82) is 0 Å². The highest BCUT2D eigenvalue weighted by atomic mass is 19.2. The van der Waals surface area contributed by atoms with Crippen LogP contribution in [-0.4, -0.2) is 17.7 Å². The van der Waals surface area contributed by atoms with Crippen LogP contribution in [0, 0.1) is 11.6 Å². The van der Waals surface area contributed by atoms with Crippen LogP contribution in [-0.2, 0) is 0 Å². The maximum absolute atomic E-state index is 13.3. The molecule has 136 valence electrons. The fraction of sp³-hybridized carbons (Fsp3) is 0.0526. The highest BCUT2D eigenvalue weighted by Crippen LogP contribution is 2.34. The normalized spacial score (nSPS) is 11.9. The highest BCUT2D eigenvalue weighted by Gasteiger charge is 2.15. The smallest absolute Gasteiger partial charge is 0.257 e. The number of hydrogen-bond donors (Lipinski definition) is 2. The van der Waals surface area contributed by atoms with Gasteiger partial charge in [-0.3, -0.25) is 9.78 Å². The summed E-state index contributed by atoms with van der Waals surface area (Å²) < 4.78 is 36.8. The van der Waals surface area contributed by atoms with E-state index in [1.807, 2.05) is 0 Å². The maximum Gasteiger partial charge on any atom is 0.257 e. The second kappa shape index (κ2) is 6.91. The van der Waals surface area contributed by atoms with Gasteiger partial charge in [0.15, 0.2) is 23.1 Å². The highest BCUT2D eigenvalue weighted by molar-refractivity contribution is 6.04. The molecule has 3 aromatic rings. The molecule has 0 saturated carbocycles. The Bertz CT molecular complexity index is 1030. The average molecular weight is 369 g/mol. The van der Waals surface area contributed by atoms with Crippen molar-refractivity contribution in [2.24, 2.45) is 0 Å². The van der Waals surface area contributed by atoms with E-state index in [2.05, 4.69) is 15.6 Å². The minimum absolute atomic E-state index is 0.147. The lowest BCUT2D eigenvalue weighted by atomic mass is 10.2. The van der Waals surface area contributed by atoms with Crippen LogP contribution < -0.4 is 20.1 Å². The molecule has 0 bridgehead atoms. The van der Waals surface area contributed by atoms with Gasteiger partial charge >= 0.3 is 0 Å². The molecular formula is C19H13F2N3O3. The Labute approximate surface area is 152 Å². The second-order valence-corrected chi connectivity index (χ2v) is 5.74. The summed E-state index contributed by atoms with van der Waals surface area (Å²) in [4.78, 5) is 16.5. The van der Waals surface area contributed by atoms with E-state index in [9.17, 15) is 13.6 Å². The van der Waals surface area contributed by atoms with E-state index in [1.54, 1.807) is 24.3 Å². The zero-order valence-corrected chi connectivity index (χ0v) is 13.8. The lowest BCUT2D eigenvalue weighted by molar-refractivity contribution is 0.102. The lowest BCUT2D eigenvalue weighted by Crippen LogP contribution is -2.12. The Morgan fingerprint density at radius 3 is 2.56 bits per heavy atom. The molecule has 6 nitrogen and oxygen atoms in total. The minimum atomic E-state index is -0.968. The molecule has 27 heavy (non-hydrogen) atoms. The van der Waals surface area contributed by atoms with Gasteiger partial charge in [0.1, 0.15) is 0 Å². The van der Waals surface area contributed by atoms with E-state index >= 15 is 0 Å². The molecular weight excluding hydrogens is 356 g/mol. The molecule has 0 spiro atoms. The van der Waals surface area contributed by atoms with Crippen molar-refractivity contribution in [3.8, 4) is 11.5 Å². The molecule has 0 radical (unpaired) electrons. The topological polar surface area (TPSA) is 72.5 Å². The van der Waals surface area contributed by atoms with Crippen LogP contribution in [0.2, 0.25) is 0 Å². The molecule has 0 aliphatic carbocycles. The quantitative estimate of drug-likeness (QED) is 0.725. The number of pyridine rings is 1. The number of rotatable bonds is 4. The van der Waals surface area contributed by atoms with E-state index < -0.39 is 11.6 Å². The van der Waals surface area contributed by atoms with Crippen molar-refractivity contribution in [3.63, 3.8) is 0 Å². The molecule has 2 aromatic carbocycles. The SMILES string of the molecule is O=C(Nc1ccc2c(c1)OCO2)c1cncc(Nc2ccc(F)c(F)c2)c1. The van der Waals surface area contributed by atoms with Gasteiger partial charge in [0.05, 0.1) is 17.4 Å². The first-order chi connectivity index (χ1) is 13.1. The Kier molecular flexibility index (Phi) is 4.29. The van der Waals surface area contributed by atoms with Crippen molar-refractivity contribution in [3.05, 3.63) is 72.1 Å². The molecule has 4 rings (SSSR count). The number of amides is 1. The summed E-state index contributed by atoms with van der Waals surface area (Å²) in [6, 6.07) is 10.0. The van der Waals surface area contributed by atoms with Gasteiger partial charge in [0.2, 0.25) is 6.79 Å². The molecule has 8 heteroatoms. The average Bonchev–Trinajstić information content (AvgIpc) is 3.13. The van der Waals surface area contributed by atoms with Crippen LogP contribution in [0.15, 0.2) is 54.9 Å². The summed E-state index contributed by atoms with van der Waals surface area (Å²) in [5, 5.41) is 5.62. The third kappa shape index (κ3) is 3.64. The van der Waals surface area contributed by atoms with Gasteiger partial charge < -0.3 is 20.1 Å². The number of ether oxygens (including phenoxy) is 2. The van der Waals surface area contributed by atoms with Crippen LogP contribution in [0.3, 0.4) is 0 Å². The van der Waals surface area contributed by atoms with Gasteiger partial charge in [-0.1, -0.05) is 0 Å². The summed E-state index contributed by atoms with van der Waals surface area (Å²) in [6.45, 7) is 0.147. The number of hydrogen-bond acceptors (Lipinski definition) is 5. The van der Waals surface area contributed by atoms with E-state index in [4.69, 9.17) is 9.47 Å². The number of fused-ring (bicyclic) bond motifs is 1. The molecule has 1 aromatic heterocycles. The van der Waals surface area contributed by atoms with Gasteiger partial charge in [0, 0.05) is 29.7 Å². The monoisotopic (exact) mass is 369 g/mol. The lowest BCUT2D eigenvalue weighted by Gasteiger charge is -2.09. The number of nitrogens with one attached hydrogen (secondary N) is 2. The predicted octanol–water partition coefficient (Wildman–Crippen LogP) is 4.08. The minimum Gasteiger partial charge on any atom is -0.454 e. The molecule has 0 fully saturated rings. The predicted molar refractivity (Wildman–Crippen MR) is 94.4 cm³/mol. The molecule has 0 atom stereocenters. The first-order valence-electron chi connectivity index (χ1n) is 7.96. The summed E-state index contributed by atoms with van der Waals surface area (Å²) in [5.74, 6) is -1.11. The van der Waals surface area contributed by atoms with E-state index in [1.165, 1.54) is 18.5 Å². The Morgan fingerprint density at radius 1 is 0.889 bits per heavy atom. The number of benzene rings is 2. The van der Waals surface area contributed by atoms with Crippen LogP contribution >= 0.6 is 0 Å². The molecule has 1 aliphatic rings. The third-order valence-electron chi connectivity index (χ3n) is 3.84. The molecule has 0 unspecified atom stereocenters. The first kappa shape index (κ1) is 16.8. The van der Waals surface area contributed by atoms with Crippen molar-refractivity contribution < 1.29 is 23.0 Å². The van der Waals surface area contributed by atoms with Gasteiger partial charge in [-0.15, -0.1) is 0 Å². The van der Waals surface area contributed by atoms with Gasteiger partial charge in [0.25, 0.3) is 5.91 Å². The number of nitrogens with zero attached hydrogens (tertiary/aromatic N) is 1. The van der Waals surface area contributed by atoms with Crippen LogP contribution in [0.1, 0.15) is 10.4 Å². The maximum atomic E-state index is 13.3. The number of carbonyl (C=O) groups excluding carboxylic acids is 1. The van der Waals surface area contributed by atoms with E-state index in [-0.39, 0.29) is 12.7 Å². The first-order valence-corrected chi connectivity index (χ1v) is 7.96. The molecule has 0 saturated heterocycles. The third-order valence-corrected chi connectivity index (χ3v) is 3.84. The summed E-state index contributed by atoms with van der Waals surface area (Å²) in [7, 11) is 0. The molecule has 2 N–H and O–H groups in total. The fourth-order valence-corrected chi connectivity index (χ4v) is 2.55. The standard InChI is InChI=1S/C19H13F2N3O3/c20-15-3-1-12(6-16(15)21)23-14-5-11(8-22-9-14)19(25)24-13-2-4-17-18(7-13)27-10-26-17/h1-9,23H,10H2,(H,24,25).